The Labute approximate surface area is 104 Å². The number of sulfonamides is 1. The molecular weight excluding hydrogens is 240 g/mol. The van der Waals surface area contributed by atoms with E-state index in [1.54, 1.807) is 0 Å². The van der Waals surface area contributed by atoms with Crippen molar-refractivity contribution in [1.29, 1.82) is 0 Å². The summed E-state index contributed by atoms with van der Waals surface area (Å²) in [7, 11) is -3.17. The van der Waals surface area contributed by atoms with Crippen molar-refractivity contribution in [2.75, 3.05) is 38.6 Å². The van der Waals surface area contributed by atoms with E-state index in [-0.39, 0.29) is 12.4 Å². The molecule has 2 N–H and O–H groups in total. The van der Waals surface area contributed by atoms with Gasteiger partial charge in [0.15, 0.2) is 0 Å². The number of piperidine rings is 1. The lowest BCUT2D eigenvalue weighted by atomic mass is 9.88. The lowest BCUT2D eigenvalue weighted by molar-refractivity contribution is 0.163. The standard InChI is InChI=1S/C11H24N2O3S/c1-3-16-6-7-17(14,15)13-9-11-4-5-12-8-10(11)2/h10-13H,3-9H2,1-2H3. The number of ether oxygens (including phenoxy) is 1. The Bertz CT molecular complexity index is 306. The largest absolute Gasteiger partial charge is 0.381 e. The van der Waals surface area contributed by atoms with Crippen molar-refractivity contribution < 1.29 is 13.2 Å². The predicted octanol–water partition coefficient (Wildman–Crippen LogP) is 0.188. The molecule has 0 aliphatic carbocycles. The van der Waals surface area contributed by atoms with E-state index in [0.717, 1.165) is 19.5 Å². The zero-order valence-electron chi connectivity index (χ0n) is 10.7. The molecule has 6 heteroatoms. The summed E-state index contributed by atoms with van der Waals surface area (Å²) in [5, 5.41) is 3.31. The minimum absolute atomic E-state index is 0.0557. The molecule has 2 unspecified atom stereocenters. The van der Waals surface area contributed by atoms with Crippen LogP contribution in [-0.4, -0.2) is 47.0 Å². The first-order valence-corrected chi connectivity index (χ1v) is 7.96. The van der Waals surface area contributed by atoms with Crippen molar-refractivity contribution in [3.63, 3.8) is 0 Å². The monoisotopic (exact) mass is 264 g/mol. The van der Waals surface area contributed by atoms with Gasteiger partial charge in [0, 0.05) is 13.2 Å². The first kappa shape index (κ1) is 14.9. The Hall–Kier alpha value is -0.170. The highest BCUT2D eigenvalue weighted by molar-refractivity contribution is 7.89. The van der Waals surface area contributed by atoms with Gasteiger partial charge in [-0.2, -0.15) is 0 Å². The Morgan fingerprint density at radius 1 is 1.47 bits per heavy atom. The van der Waals surface area contributed by atoms with E-state index in [0.29, 0.717) is 25.0 Å². The fourth-order valence-electron chi connectivity index (χ4n) is 1.99. The molecule has 1 heterocycles. The Kier molecular flexibility index (Phi) is 6.40. The van der Waals surface area contributed by atoms with Gasteiger partial charge in [-0.1, -0.05) is 6.92 Å². The zero-order valence-corrected chi connectivity index (χ0v) is 11.6. The van der Waals surface area contributed by atoms with E-state index < -0.39 is 10.0 Å². The second-order valence-corrected chi connectivity index (χ2v) is 6.52. The van der Waals surface area contributed by atoms with Crippen LogP contribution in [0.25, 0.3) is 0 Å². The molecule has 102 valence electrons. The average molecular weight is 264 g/mol. The van der Waals surface area contributed by atoms with E-state index in [9.17, 15) is 8.42 Å². The molecule has 1 fully saturated rings. The molecule has 0 spiro atoms. The summed E-state index contributed by atoms with van der Waals surface area (Å²) in [6.45, 7) is 7.36. The van der Waals surface area contributed by atoms with Crippen LogP contribution in [0.1, 0.15) is 20.3 Å². The van der Waals surface area contributed by atoms with Crippen molar-refractivity contribution in [2.24, 2.45) is 11.8 Å². The lowest BCUT2D eigenvalue weighted by Crippen LogP contribution is -2.41. The minimum atomic E-state index is -3.17. The summed E-state index contributed by atoms with van der Waals surface area (Å²) in [6.07, 6.45) is 1.04. The highest BCUT2D eigenvalue weighted by atomic mass is 32.2. The molecule has 0 saturated carbocycles. The summed E-state index contributed by atoms with van der Waals surface area (Å²) in [4.78, 5) is 0. The zero-order chi connectivity index (χ0) is 12.7. The normalized spacial score (nSPS) is 26.0. The molecule has 0 bridgehead atoms. The molecule has 0 aromatic heterocycles. The van der Waals surface area contributed by atoms with E-state index in [1.165, 1.54) is 0 Å². The smallest absolute Gasteiger partial charge is 0.213 e. The Morgan fingerprint density at radius 2 is 2.24 bits per heavy atom. The van der Waals surface area contributed by atoms with Crippen LogP contribution in [0.5, 0.6) is 0 Å². The van der Waals surface area contributed by atoms with Crippen LogP contribution in [0.15, 0.2) is 0 Å². The topological polar surface area (TPSA) is 67.4 Å². The quantitative estimate of drug-likeness (QED) is 0.644. The first-order valence-electron chi connectivity index (χ1n) is 6.31. The molecule has 2 atom stereocenters. The van der Waals surface area contributed by atoms with Crippen LogP contribution in [-0.2, 0) is 14.8 Å². The van der Waals surface area contributed by atoms with Gasteiger partial charge in [-0.25, -0.2) is 13.1 Å². The van der Waals surface area contributed by atoms with Crippen molar-refractivity contribution in [3.05, 3.63) is 0 Å². The maximum atomic E-state index is 11.6. The first-order chi connectivity index (χ1) is 8.05. The van der Waals surface area contributed by atoms with Gasteiger partial charge in [-0.05, 0) is 38.3 Å². The molecule has 0 aromatic rings. The van der Waals surface area contributed by atoms with Gasteiger partial charge in [0.25, 0.3) is 0 Å². The lowest BCUT2D eigenvalue weighted by Gasteiger charge is -2.29. The third-order valence-corrected chi connectivity index (χ3v) is 4.54. The SMILES string of the molecule is CCOCCS(=O)(=O)NCC1CCNCC1C. The Balaban J connectivity index is 2.28. The van der Waals surface area contributed by atoms with Crippen molar-refractivity contribution in [1.82, 2.24) is 10.0 Å². The van der Waals surface area contributed by atoms with E-state index in [1.807, 2.05) is 6.92 Å². The molecule has 1 aliphatic heterocycles. The van der Waals surface area contributed by atoms with E-state index in [2.05, 4.69) is 17.0 Å². The van der Waals surface area contributed by atoms with E-state index >= 15 is 0 Å². The van der Waals surface area contributed by atoms with Gasteiger partial charge >= 0.3 is 0 Å². The Morgan fingerprint density at radius 3 is 2.88 bits per heavy atom. The summed E-state index contributed by atoms with van der Waals surface area (Å²) in [5.74, 6) is 1.02. The molecule has 1 aliphatic rings. The van der Waals surface area contributed by atoms with Crippen LogP contribution in [0.4, 0.5) is 0 Å². The maximum absolute atomic E-state index is 11.6. The highest BCUT2D eigenvalue weighted by Gasteiger charge is 2.22. The van der Waals surface area contributed by atoms with Gasteiger partial charge in [-0.3, -0.25) is 0 Å². The molecule has 0 radical (unpaired) electrons. The number of hydrogen-bond donors (Lipinski definition) is 2. The third-order valence-electron chi connectivity index (χ3n) is 3.23. The maximum Gasteiger partial charge on any atom is 0.213 e. The molecule has 17 heavy (non-hydrogen) atoms. The van der Waals surface area contributed by atoms with E-state index in [4.69, 9.17) is 4.74 Å². The number of rotatable bonds is 7. The second kappa shape index (κ2) is 7.31. The molecule has 1 saturated heterocycles. The van der Waals surface area contributed by atoms with Crippen molar-refractivity contribution in [3.8, 4) is 0 Å². The fraction of sp³-hybridized carbons (Fsp3) is 1.00. The molecular formula is C11H24N2O3S. The van der Waals surface area contributed by atoms with Crippen LogP contribution >= 0.6 is 0 Å². The fourth-order valence-corrected chi connectivity index (χ4v) is 2.94. The molecule has 1 rings (SSSR count). The second-order valence-electron chi connectivity index (χ2n) is 4.59. The number of nitrogens with one attached hydrogen (secondary N) is 2. The summed E-state index contributed by atoms with van der Waals surface area (Å²) < 4.78 is 31.0. The highest BCUT2D eigenvalue weighted by Crippen LogP contribution is 2.17. The molecule has 0 aromatic carbocycles. The van der Waals surface area contributed by atoms with Gasteiger partial charge in [0.2, 0.25) is 10.0 Å². The summed E-state index contributed by atoms with van der Waals surface area (Å²) >= 11 is 0. The van der Waals surface area contributed by atoms with Gasteiger partial charge in [0.1, 0.15) is 0 Å². The van der Waals surface area contributed by atoms with Crippen LogP contribution in [0.3, 0.4) is 0 Å². The average Bonchev–Trinajstić information content (AvgIpc) is 2.28. The molecule has 5 nitrogen and oxygen atoms in total. The van der Waals surface area contributed by atoms with Crippen LogP contribution < -0.4 is 10.0 Å². The van der Waals surface area contributed by atoms with Gasteiger partial charge in [0.05, 0.1) is 12.4 Å². The molecule has 0 amide bonds. The van der Waals surface area contributed by atoms with Crippen molar-refractivity contribution in [2.45, 2.75) is 20.3 Å². The summed E-state index contributed by atoms with van der Waals surface area (Å²) in [5.41, 5.74) is 0. The van der Waals surface area contributed by atoms with Gasteiger partial charge in [-0.15, -0.1) is 0 Å². The third kappa shape index (κ3) is 5.81. The van der Waals surface area contributed by atoms with Crippen LogP contribution in [0, 0.1) is 11.8 Å². The predicted molar refractivity (Wildman–Crippen MR) is 68.4 cm³/mol. The van der Waals surface area contributed by atoms with Gasteiger partial charge < -0.3 is 10.1 Å². The summed E-state index contributed by atoms with van der Waals surface area (Å²) in [6, 6.07) is 0. The minimum Gasteiger partial charge on any atom is -0.381 e. The number of hydrogen-bond acceptors (Lipinski definition) is 4. The van der Waals surface area contributed by atoms with Crippen LogP contribution in [0.2, 0.25) is 0 Å². The van der Waals surface area contributed by atoms with Crippen molar-refractivity contribution >= 4 is 10.0 Å².